The van der Waals surface area contributed by atoms with Crippen molar-refractivity contribution in [1.29, 1.82) is 0 Å². The highest BCUT2D eigenvalue weighted by atomic mass is 16.5. The third-order valence-corrected chi connectivity index (χ3v) is 3.52. The van der Waals surface area contributed by atoms with Crippen LogP contribution in [0.25, 0.3) is 0 Å². The third-order valence-electron chi connectivity index (χ3n) is 3.52. The molecule has 4 nitrogen and oxygen atoms in total. The van der Waals surface area contributed by atoms with E-state index in [0.29, 0.717) is 6.42 Å². The highest BCUT2D eigenvalue weighted by Gasteiger charge is 2.34. The van der Waals surface area contributed by atoms with Gasteiger partial charge >= 0.3 is 0 Å². The quantitative estimate of drug-likeness (QED) is 0.756. The van der Waals surface area contributed by atoms with E-state index >= 15 is 0 Å². The minimum Gasteiger partial charge on any atom is -0.376 e. The van der Waals surface area contributed by atoms with Gasteiger partial charge in [-0.25, -0.2) is 0 Å². The molecule has 0 aromatic rings. The van der Waals surface area contributed by atoms with E-state index in [1.807, 2.05) is 4.90 Å². The van der Waals surface area contributed by atoms with Gasteiger partial charge in [0.25, 0.3) is 0 Å². The van der Waals surface area contributed by atoms with E-state index in [4.69, 9.17) is 4.74 Å². The van der Waals surface area contributed by atoms with Crippen LogP contribution in [0, 0.1) is 0 Å². The highest BCUT2D eigenvalue weighted by Crippen LogP contribution is 2.21. The molecule has 0 saturated carbocycles. The van der Waals surface area contributed by atoms with Gasteiger partial charge in [0.1, 0.15) is 0 Å². The first-order valence-corrected chi connectivity index (χ1v) is 6.22. The second-order valence-electron chi connectivity index (χ2n) is 5.38. The molecule has 92 valence electrons. The molecule has 4 heteroatoms. The SMILES string of the molecule is CC1(C)CNCCC(=O)N1CC1CCCO1. The van der Waals surface area contributed by atoms with Crippen LogP contribution in [0.4, 0.5) is 0 Å². The van der Waals surface area contributed by atoms with Crippen LogP contribution in [0.3, 0.4) is 0 Å². The van der Waals surface area contributed by atoms with Crippen LogP contribution >= 0.6 is 0 Å². The second kappa shape index (κ2) is 4.72. The number of carbonyl (C=O) groups excluding carboxylic acids is 1. The van der Waals surface area contributed by atoms with Crippen molar-refractivity contribution < 1.29 is 9.53 Å². The van der Waals surface area contributed by atoms with Crippen molar-refractivity contribution in [2.24, 2.45) is 0 Å². The van der Waals surface area contributed by atoms with Gasteiger partial charge in [0, 0.05) is 38.2 Å². The average Bonchev–Trinajstić information content (AvgIpc) is 2.69. The summed E-state index contributed by atoms with van der Waals surface area (Å²) >= 11 is 0. The van der Waals surface area contributed by atoms with Crippen LogP contribution < -0.4 is 5.32 Å². The van der Waals surface area contributed by atoms with Gasteiger partial charge in [0.05, 0.1) is 6.10 Å². The molecule has 2 aliphatic rings. The van der Waals surface area contributed by atoms with Gasteiger partial charge in [-0.3, -0.25) is 4.79 Å². The summed E-state index contributed by atoms with van der Waals surface area (Å²) in [6.45, 7) is 7.52. The molecular formula is C12H22N2O2. The topological polar surface area (TPSA) is 41.6 Å². The van der Waals surface area contributed by atoms with Crippen molar-refractivity contribution in [3.63, 3.8) is 0 Å². The monoisotopic (exact) mass is 226 g/mol. The van der Waals surface area contributed by atoms with E-state index in [-0.39, 0.29) is 17.6 Å². The van der Waals surface area contributed by atoms with Gasteiger partial charge in [0.2, 0.25) is 5.91 Å². The Morgan fingerprint density at radius 1 is 1.56 bits per heavy atom. The number of nitrogens with zero attached hydrogens (tertiary/aromatic N) is 1. The van der Waals surface area contributed by atoms with Crippen LogP contribution in [0.15, 0.2) is 0 Å². The summed E-state index contributed by atoms with van der Waals surface area (Å²) in [6.07, 6.45) is 3.08. The molecule has 2 fully saturated rings. The fraction of sp³-hybridized carbons (Fsp3) is 0.917. The van der Waals surface area contributed by atoms with Crippen molar-refractivity contribution >= 4 is 5.91 Å². The Labute approximate surface area is 97.3 Å². The molecule has 1 N–H and O–H groups in total. The normalized spacial score (nSPS) is 30.5. The van der Waals surface area contributed by atoms with E-state index < -0.39 is 0 Å². The molecule has 0 bridgehead atoms. The van der Waals surface area contributed by atoms with Crippen LogP contribution in [0.5, 0.6) is 0 Å². The maximum Gasteiger partial charge on any atom is 0.224 e. The number of hydrogen-bond donors (Lipinski definition) is 1. The van der Waals surface area contributed by atoms with Crippen LogP contribution in [-0.2, 0) is 9.53 Å². The first kappa shape index (κ1) is 11.9. The number of carbonyl (C=O) groups is 1. The molecule has 0 aliphatic carbocycles. The van der Waals surface area contributed by atoms with Crippen molar-refractivity contribution in [3.8, 4) is 0 Å². The molecular weight excluding hydrogens is 204 g/mol. The maximum absolute atomic E-state index is 12.0. The molecule has 1 atom stereocenters. The van der Waals surface area contributed by atoms with Gasteiger partial charge in [-0.05, 0) is 26.7 Å². The average molecular weight is 226 g/mol. The van der Waals surface area contributed by atoms with Gasteiger partial charge < -0.3 is 15.0 Å². The lowest BCUT2D eigenvalue weighted by Gasteiger charge is -2.38. The van der Waals surface area contributed by atoms with E-state index in [1.54, 1.807) is 0 Å². The molecule has 16 heavy (non-hydrogen) atoms. The molecule has 0 spiro atoms. The Bertz CT molecular complexity index is 260. The van der Waals surface area contributed by atoms with Gasteiger partial charge in [-0.1, -0.05) is 0 Å². The Hall–Kier alpha value is -0.610. The van der Waals surface area contributed by atoms with Crippen molar-refractivity contribution in [2.75, 3.05) is 26.2 Å². The zero-order chi connectivity index (χ0) is 11.6. The standard InChI is InChI=1S/C12H22N2O2/c1-12(2)9-13-6-5-11(15)14(12)8-10-4-3-7-16-10/h10,13H,3-9H2,1-2H3. The minimum atomic E-state index is -0.0977. The smallest absolute Gasteiger partial charge is 0.224 e. The molecule has 2 rings (SSSR count). The van der Waals surface area contributed by atoms with Crippen molar-refractivity contribution in [1.82, 2.24) is 10.2 Å². The van der Waals surface area contributed by atoms with Crippen LogP contribution in [0.2, 0.25) is 0 Å². The summed E-state index contributed by atoms with van der Waals surface area (Å²) in [5.41, 5.74) is -0.0977. The molecule has 2 heterocycles. The maximum atomic E-state index is 12.0. The van der Waals surface area contributed by atoms with Gasteiger partial charge in [-0.2, -0.15) is 0 Å². The highest BCUT2D eigenvalue weighted by molar-refractivity contribution is 5.77. The third kappa shape index (κ3) is 2.55. The first-order chi connectivity index (χ1) is 7.59. The predicted molar refractivity (Wildman–Crippen MR) is 62.3 cm³/mol. The van der Waals surface area contributed by atoms with E-state index in [0.717, 1.165) is 39.1 Å². The fourth-order valence-corrected chi connectivity index (χ4v) is 2.50. The summed E-state index contributed by atoms with van der Waals surface area (Å²) in [5, 5.41) is 3.32. The largest absolute Gasteiger partial charge is 0.376 e. The Kier molecular flexibility index (Phi) is 3.50. The Balaban J connectivity index is 2.03. The molecule has 1 unspecified atom stereocenters. The fourth-order valence-electron chi connectivity index (χ4n) is 2.50. The summed E-state index contributed by atoms with van der Waals surface area (Å²) in [4.78, 5) is 14.1. The first-order valence-electron chi connectivity index (χ1n) is 6.22. The lowest BCUT2D eigenvalue weighted by molar-refractivity contribution is -0.137. The molecule has 0 radical (unpaired) electrons. The second-order valence-corrected chi connectivity index (χ2v) is 5.38. The summed E-state index contributed by atoms with van der Waals surface area (Å²) in [6, 6.07) is 0. The number of rotatable bonds is 2. The number of hydrogen-bond acceptors (Lipinski definition) is 3. The van der Waals surface area contributed by atoms with Crippen molar-refractivity contribution in [3.05, 3.63) is 0 Å². The lowest BCUT2D eigenvalue weighted by Crippen LogP contribution is -2.53. The van der Waals surface area contributed by atoms with E-state index in [1.165, 1.54) is 0 Å². The summed E-state index contributed by atoms with van der Waals surface area (Å²) < 4.78 is 5.62. The zero-order valence-electron chi connectivity index (χ0n) is 10.3. The van der Waals surface area contributed by atoms with Crippen LogP contribution in [-0.4, -0.2) is 48.7 Å². The Morgan fingerprint density at radius 2 is 2.38 bits per heavy atom. The molecule has 2 saturated heterocycles. The predicted octanol–water partition coefficient (Wildman–Crippen LogP) is 0.766. The molecule has 0 aromatic heterocycles. The minimum absolute atomic E-state index is 0.0977. The number of nitrogens with one attached hydrogen (secondary N) is 1. The van der Waals surface area contributed by atoms with Crippen molar-refractivity contribution in [2.45, 2.75) is 44.8 Å². The number of ether oxygens (including phenoxy) is 1. The Morgan fingerprint density at radius 3 is 3.06 bits per heavy atom. The van der Waals surface area contributed by atoms with Gasteiger partial charge in [0.15, 0.2) is 0 Å². The van der Waals surface area contributed by atoms with E-state index in [9.17, 15) is 4.79 Å². The molecule has 1 amide bonds. The molecule has 0 aromatic carbocycles. The van der Waals surface area contributed by atoms with Crippen LogP contribution in [0.1, 0.15) is 33.1 Å². The zero-order valence-corrected chi connectivity index (χ0v) is 10.3. The van der Waals surface area contributed by atoms with Gasteiger partial charge in [-0.15, -0.1) is 0 Å². The molecule has 2 aliphatic heterocycles. The number of amides is 1. The summed E-state index contributed by atoms with van der Waals surface area (Å²) in [5.74, 6) is 0.255. The van der Waals surface area contributed by atoms with E-state index in [2.05, 4.69) is 19.2 Å². The summed E-state index contributed by atoms with van der Waals surface area (Å²) in [7, 11) is 0. The lowest BCUT2D eigenvalue weighted by atomic mass is 10.0.